The van der Waals surface area contributed by atoms with Crippen LogP contribution in [0, 0.1) is 0 Å². The van der Waals surface area contributed by atoms with Gasteiger partial charge < -0.3 is 16.4 Å². The number of carbonyl (C=O) groups is 2. The molecule has 4 N–H and O–H groups in total. The molecule has 21 heavy (non-hydrogen) atoms. The van der Waals surface area contributed by atoms with Gasteiger partial charge in [0.05, 0.1) is 10.3 Å². The van der Waals surface area contributed by atoms with Crippen LogP contribution in [0.3, 0.4) is 0 Å². The quantitative estimate of drug-likeness (QED) is 0.744. The van der Waals surface area contributed by atoms with Crippen LogP contribution in [-0.2, 0) is 15.1 Å². The summed E-state index contributed by atoms with van der Waals surface area (Å²) >= 11 is 2.70. The molecular weight excluding hydrogens is 310 g/mol. The summed E-state index contributed by atoms with van der Waals surface area (Å²) < 4.78 is -0.500. The number of nitrogens with one attached hydrogen (secondary N) is 2. The third-order valence-corrected chi connectivity index (χ3v) is 5.67. The molecule has 7 nitrogen and oxygen atoms in total. The lowest BCUT2D eigenvalue weighted by molar-refractivity contribution is -0.130. The van der Waals surface area contributed by atoms with Crippen LogP contribution >= 0.6 is 23.1 Å². The molecule has 0 unspecified atom stereocenters. The summed E-state index contributed by atoms with van der Waals surface area (Å²) in [7, 11) is 0. The molecule has 0 spiro atoms. The van der Waals surface area contributed by atoms with E-state index in [1.165, 1.54) is 23.1 Å². The van der Waals surface area contributed by atoms with Crippen LogP contribution in [0.25, 0.3) is 0 Å². The van der Waals surface area contributed by atoms with Crippen LogP contribution in [-0.4, -0.2) is 38.6 Å². The third kappa shape index (κ3) is 3.46. The first-order valence-corrected chi connectivity index (χ1v) is 8.28. The number of nitrogen functional groups attached to an aromatic ring is 1. The Balaban J connectivity index is 2.03. The fourth-order valence-electron chi connectivity index (χ4n) is 1.81. The SMILES string of the molecule is CC1(C)SC[C@H](C(=O)NC(C)(C)c2nnc(N)s2)NC1=O. The van der Waals surface area contributed by atoms with Crippen molar-refractivity contribution in [2.24, 2.45) is 0 Å². The number of aromatic nitrogens is 2. The first-order valence-electron chi connectivity index (χ1n) is 6.48. The summed E-state index contributed by atoms with van der Waals surface area (Å²) in [5.41, 5.74) is 4.88. The molecular formula is C12H19N5O2S2. The number of nitrogens with zero attached hydrogens (tertiary/aromatic N) is 2. The fraction of sp³-hybridized carbons (Fsp3) is 0.667. The number of nitrogens with two attached hydrogens (primary N) is 1. The Morgan fingerprint density at radius 3 is 2.67 bits per heavy atom. The lowest BCUT2D eigenvalue weighted by atomic mass is 10.1. The highest BCUT2D eigenvalue weighted by Gasteiger charge is 2.39. The zero-order valence-corrected chi connectivity index (χ0v) is 14.0. The molecule has 2 rings (SSSR count). The van der Waals surface area contributed by atoms with Gasteiger partial charge >= 0.3 is 0 Å². The van der Waals surface area contributed by atoms with Gasteiger partial charge in [-0.25, -0.2) is 0 Å². The molecule has 0 saturated carbocycles. The molecule has 9 heteroatoms. The molecule has 1 fully saturated rings. The number of thioether (sulfide) groups is 1. The van der Waals surface area contributed by atoms with E-state index in [-0.39, 0.29) is 11.8 Å². The number of anilines is 1. The highest BCUT2D eigenvalue weighted by Crippen LogP contribution is 2.30. The molecule has 0 radical (unpaired) electrons. The van der Waals surface area contributed by atoms with Crippen molar-refractivity contribution in [1.82, 2.24) is 20.8 Å². The number of carbonyl (C=O) groups excluding carboxylic acids is 2. The molecule has 0 bridgehead atoms. The molecule has 1 atom stereocenters. The molecule has 2 heterocycles. The Morgan fingerprint density at radius 2 is 2.14 bits per heavy atom. The van der Waals surface area contributed by atoms with E-state index in [1.54, 1.807) is 0 Å². The highest BCUT2D eigenvalue weighted by molar-refractivity contribution is 8.01. The summed E-state index contributed by atoms with van der Waals surface area (Å²) in [5, 5.41) is 14.3. The van der Waals surface area contributed by atoms with Crippen LogP contribution in [0.1, 0.15) is 32.7 Å². The van der Waals surface area contributed by atoms with E-state index in [2.05, 4.69) is 20.8 Å². The fourth-order valence-corrected chi connectivity index (χ4v) is 3.48. The third-order valence-electron chi connectivity index (χ3n) is 3.19. The lowest BCUT2D eigenvalue weighted by Gasteiger charge is -2.34. The summed E-state index contributed by atoms with van der Waals surface area (Å²) in [6.45, 7) is 7.34. The Labute approximate surface area is 131 Å². The summed E-state index contributed by atoms with van der Waals surface area (Å²) in [5.74, 6) is 0.181. The number of hydrogen-bond donors (Lipinski definition) is 3. The molecule has 2 amide bonds. The average molecular weight is 329 g/mol. The van der Waals surface area contributed by atoms with Crippen molar-refractivity contribution in [3.05, 3.63) is 5.01 Å². The van der Waals surface area contributed by atoms with Gasteiger partial charge in [-0.2, -0.15) is 0 Å². The van der Waals surface area contributed by atoms with Gasteiger partial charge in [0, 0.05) is 5.75 Å². The topological polar surface area (TPSA) is 110 Å². The molecule has 1 aliphatic heterocycles. The van der Waals surface area contributed by atoms with Crippen LogP contribution in [0.2, 0.25) is 0 Å². The van der Waals surface area contributed by atoms with E-state index in [0.717, 1.165) is 0 Å². The Hall–Kier alpha value is -1.35. The minimum atomic E-state index is -0.686. The predicted molar refractivity (Wildman–Crippen MR) is 84.0 cm³/mol. The number of hydrogen-bond acceptors (Lipinski definition) is 7. The summed E-state index contributed by atoms with van der Waals surface area (Å²) in [6, 6.07) is -0.542. The van der Waals surface area contributed by atoms with Crippen molar-refractivity contribution < 1.29 is 9.59 Å². The second-order valence-corrected chi connectivity index (χ2v) is 8.56. The maximum atomic E-state index is 12.3. The van der Waals surface area contributed by atoms with Crippen molar-refractivity contribution in [3.63, 3.8) is 0 Å². The van der Waals surface area contributed by atoms with E-state index >= 15 is 0 Å². The molecule has 0 aliphatic carbocycles. The Bertz CT molecular complexity index is 570. The minimum absolute atomic E-state index is 0.128. The normalized spacial score (nSPS) is 21.7. The van der Waals surface area contributed by atoms with Crippen molar-refractivity contribution in [2.45, 2.75) is 44.0 Å². The second kappa shape index (κ2) is 5.45. The smallest absolute Gasteiger partial charge is 0.244 e. The van der Waals surface area contributed by atoms with Crippen LogP contribution < -0.4 is 16.4 Å². The van der Waals surface area contributed by atoms with Gasteiger partial charge in [-0.3, -0.25) is 9.59 Å². The monoisotopic (exact) mass is 329 g/mol. The summed E-state index contributed by atoms with van der Waals surface area (Å²) in [6.07, 6.45) is 0. The Kier molecular flexibility index (Phi) is 4.16. The first kappa shape index (κ1) is 16.0. The van der Waals surface area contributed by atoms with E-state index in [0.29, 0.717) is 15.9 Å². The van der Waals surface area contributed by atoms with Gasteiger partial charge in [0.15, 0.2) is 0 Å². The van der Waals surface area contributed by atoms with Crippen molar-refractivity contribution in [3.8, 4) is 0 Å². The average Bonchev–Trinajstić information content (AvgIpc) is 2.79. The standard InChI is InChI=1S/C12H19N5O2S2/c1-11(2,9-16-17-10(13)21-9)15-7(18)6-5-20-12(3,4)8(19)14-6/h6H,5H2,1-4H3,(H2,13,17)(H,14,19)(H,15,18)/t6-/m1/s1. The van der Waals surface area contributed by atoms with E-state index < -0.39 is 16.3 Å². The predicted octanol–water partition coefficient (Wildman–Crippen LogP) is 0.482. The first-order chi connectivity index (χ1) is 9.62. The van der Waals surface area contributed by atoms with Crippen LogP contribution in [0.4, 0.5) is 5.13 Å². The molecule has 0 aromatic carbocycles. The van der Waals surface area contributed by atoms with Crippen LogP contribution in [0.15, 0.2) is 0 Å². The molecule has 1 aromatic rings. The van der Waals surface area contributed by atoms with Gasteiger partial charge in [0.25, 0.3) is 0 Å². The molecule has 1 saturated heterocycles. The van der Waals surface area contributed by atoms with E-state index in [4.69, 9.17) is 5.73 Å². The van der Waals surface area contributed by atoms with Gasteiger partial charge in [-0.05, 0) is 27.7 Å². The van der Waals surface area contributed by atoms with Crippen molar-refractivity contribution >= 4 is 40.0 Å². The maximum absolute atomic E-state index is 12.3. The number of amides is 2. The zero-order valence-electron chi connectivity index (χ0n) is 12.4. The molecule has 1 aromatic heterocycles. The van der Waals surface area contributed by atoms with Crippen molar-refractivity contribution in [2.75, 3.05) is 11.5 Å². The minimum Gasteiger partial charge on any atom is -0.374 e. The zero-order chi connectivity index (χ0) is 15.8. The summed E-state index contributed by atoms with van der Waals surface area (Å²) in [4.78, 5) is 24.3. The van der Waals surface area contributed by atoms with E-state index in [1.807, 2.05) is 27.7 Å². The van der Waals surface area contributed by atoms with Gasteiger partial charge in [0.2, 0.25) is 16.9 Å². The largest absolute Gasteiger partial charge is 0.374 e. The van der Waals surface area contributed by atoms with Gasteiger partial charge in [-0.1, -0.05) is 11.3 Å². The van der Waals surface area contributed by atoms with E-state index in [9.17, 15) is 9.59 Å². The second-order valence-electron chi connectivity index (χ2n) is 5.91. The lowest BCUT2D eigenvalue weighted by Crippen LogP contribution is -2.59. The van der Waals surface area contributed by atoms with Gasteiger partial charge in [0.1, 0.15) is 11.0 Å². The molecule has 116 valence electrons. The molecule has 1 aliphatic rings. The Morgan fingerprint density at radius 1 is 1.48 bits per heavy atom. The highest BCUT2D eigenvalue weighted by atomic mass is 32.2. The van der Waals surface area contributed by atoms with Crippen molar-refractivity contribution in [1.29, 1.82) is 0 Å². The maximum Gasteiger partial charge on any atom is 0.244 e. The van der Waals surface area contributed by atoms with Crippen LogP contribution in [0.5, 0.6) is 0 Å². The van der Waals surface area contributed by atoms with Gasteiger partial charge in [-0.15, -0.1) is 22.0 Å². The number of rotatable bonds is 3.